The van der Waals surface area contributed by atoms with E-state index in [9.17, 15) is 27.2 Å². The molecule has 0 atom stereocenters. The minimum Gasteiger partial charge on any atom is -0.462 e. The standard InChI is InChI=1S/C13H10F4N2O3/c1-2-22-12(21)7-3-4-9(8(14)5-7)19-11(20)6-10(18-19)13(15,16)17/h3-6,18H,2H2,1H3. The summed E-state index contributed by atoms with van der Waals surface area (Å²) in [5.41, 5.74) is -2.92. The van der Waals surface area contributed by atoms with E-state index in [2.05, 4.69) is 4.74 Å². The molecule has 0 aliphatic heterocycles. The van der Waals surface area contributed by atoms with Gasteiger partial charge in [-0.05, 0) is 25.1 Å². The summed E-state index contributed by atoms with van der Waals surface area (Å²) in [6.45, 7) is 1.66. The Kier molecular flexibility index (Phi) is 4.07. The molecule has 0 radical (unpaired) electrons. The number of aromatic nitrogens is 2. The first-order valence-corrected chi connectivity index (χ1v) is 6.10. The maximum Gasteiger partial charge on any atom is 0.432 e. The zero-order valence-corrected chi connectivity index (χ0v) is 11.2. The molecular formula is C13H10F4N2O3. The van der Waals surface area contributed by atoms with Crippen LogP contribution in [0.5, 0.6) is 0 Å². The maximum atomic E-state index is 14.0. The normalized spacial score (nSPS) is 11.5. The Balaban J connectivity index is 2.44. The number of rotatable bonds is 3. The van der Waals surface area contributed by atoms with Gasteiger partial charge in [0.25, 0.3) is 5.56 Å². The van der Waals surface area contributed by atoms with Gasteiger partial charge in [0.1, 0.15) is 17.2 Å². The van der Waals surface area contributed by atoms with Crippen molar-refractivity contribution in [2.24, 2.45) is 0 Å². The zero-order chi connectivity index (χ0) is 16.5. The van der Waals surface area contributed by atoms with E-state index < -0.39 is 34.9 Å². The molecule has 0 saturated heterocycles. The lowest BCUT2D eigenvalue weighted by Gasteiger charge is -2.07. The predicted octanol–water partition coefficient (Wildman–Crippen LogP) is 2.50. The highest BCUT2D eigenvalue weighted by Crippen LogP contribution is 2.27. The summed E-state index contributed by atoms with van der Waals surface area (Å²) in [6, 6.07) is 3.27. The Labute approximate surface area is 121 Å². The van der Waals surface area contributed by atoms with Crippen LogP contribution in [0.15, 0.2) is 29.1 Å². The van der Waals surface area contributed by atoms with Gasteiger partial charge in [-0.1, -0.05) is 0 Å². The van der Waals surface area contributed by atoms with Crippen LogP contribution in [0.3, 0.4) is 0 Å². The lowest BCUT2D eigenvalue weighted by atomic mass is 10.2. The third-order valence-electron chi connectivity index (χ3n) is 2.73. The summed E-state index contributed by atoms with van der Waals surface area (Å²) >= 11 is 0. The van der Waals surface area contributed by atoms with Gasteiger partial charge in [0, 0.05) is 6.07 Å². The van der Waals surface area contributed by atoms with Gasteiger partial charge in [-0.15, -0.1) is 0 Å². The highest BCUT2D eigenvalue weighted by atomic mass is 19.4. The number of carbonyl (C=O) groups excluding carboxylic acids is 1. The van der Waals surface area contributed by atoms with Gasteiger partial charge in [-0.2, -0.15) is 13.2 Å². The van der Waals surface area contributed by atoms with Gasteiger partial charge >= 0.3 is 12.1 Å². The Morgan fingerprint density at radius 2 is 2.00 bits per heavy atom. The third kappa shape index (κ3) is 3.02. The van der Waals surface area contributed by atoms with Crippen molar-refractivity contribution in [1.82, 2.24) is 9.78 Å². The van der Waals surface area contributed by atoms with E-state index in [0.717, 1.165) is 18.2 Å². The van der Waals surface area contributed by atoms with E-state index in [1.165, 1.54) is 0 Å². The minimum atomic E-state index is -4.76. The Morgan fingerprint density at radius 1 is 1.32 bits per heavy atom. The molecule has 2 rings (SSSR count). The number of hydrogen-bond donors (Lipinski definition) is 1. The lowest BCUT2D eigenvalue weighted by molar-refractivity contribution is -0.141. The van der Waals surface area contributed by atoms with Crippen LogP contribution in [0.1, 0.15) is 23.0 Å². The van der Waals surface area contributed by atoms with E-state index in [-0.39, 0.29) is 12.2 Å². The average molecular weight is 318 g/mol. The van der Waals surface area contributed by atoms with Crippen LogP contribution in [0.25, 0.3) is 5.69 Å². The number of aromatic amines is 1. The third-order valence-corrected chi connectivity index (χ3v) is 2.73. The highest BCUT2D eigenvalue weighted by Gasteiger charge is 2.34. The summed E-state index contributed by atoms with van der Waals surface area (Å²) in [4.78, 5) is 23.0. The van der Waals surface area contributed by atoms with Crippen LogP contribution in [-0.2, 0) is 10.9 Å². The molecule has 5 nitrogen and oxygen atoms in total. The number of ether oxygens (including phenoxy) is 1. The number of nitrogens with one attached hydrogen (secondary N) is 1. The van der Waals surface area contributed by atoms with Crippen LogP contribution in [0.4, 0.5) is 17.6 Å². The fourth-order valence-corrected chi connectivity index (χ4v) is 1.75. The number of esters is 1. The first-order valence-electron chi connectivity index (χ1n) is 6.10. The molecule has 1 N–H and O–H groups in total. The Morgan fingerprint density at radius 3 is 2.50 bits per heavy atom. The number of hydrogen-bond acceptors (Lipinski definition) is 3. The quantitative estimate of drug-likeness (QED) is 0.698. The molecular weight excluding hydrogens is 308 g/mol. The predicted molar refractivity (Wildman–Crippen MR) is 67.3 cm³/mol. The molecule has 0 unspecified atom stereocenters. The number of nitrogens with zero attached hydrogens (tertiary/aromatic N) is 1. The van der Waals surface area contributed by atoms with Gasteiger partial charge < -0.3 is 4.74 Å². The average Bonchev–Trinajstić information content (AvgIpc) is 2.81. The highest BCUT2D eigenvalue weighted by molar-refractivity contribution is 5.89. The van der Waals surface area contributed by atoms with Crippen molar-refractivity contribution in [2.75, 3.05) is 6.61 Å². The second kappa shape index (κ2) is 5.66. The second-order valence-corrected chi connectivity index (χ2v) is 4.23. The summed E-state index contributed by atoms with van der Waals surface area (Å²) in [5, 5.41) is 1.78. The molecule has 2 aromatic rings. The molecule has 0 amide bonds. The summed E-state index contributed by atoms with van der Waals surface area (Å²) < 4.78 is 56.6. The molecule has 1 heterocycles. The van der Waals surface area contributed by atoms with Gasteiger partial charge in [-0.25, -0.2) is 13.9 Å². The van der Waals surface area contributed by atoms with Gasteiger partial charge in [0.2, 0.25) is 0 Å². The molecule has 1 aromatic carbocycles. The van der Waals surface area contributed by atoms with Crippen LogP contribution in [0, 0.1) is 5.82 Å². The molecule has 118 valence electrons. The lowest BCUT2D eigenvalue weighted by Crippen LogP contribution is -2.16. The number of halogens is 4. The van der Waals surface area contributed by atoms with Crippen LogP contribution in [0.2, 0.25) is 0 Å². The van der Waals surface area contributed by atoms with Crippen molar-refractivity contribution in [3.8, 4) is 5.69 Å². The number of benzene rings is 1. The summed E-state index contributed by atoms with van der Waals surface area (Å²) in [7, 11) is 0. The van der Waals surface area contributed by atoms with E-state index in [0.29, 0.717) is 10.7 Å². The fourth-order valence-electron chi connectivity index (χ4n) is 1.75. The summed E-state index contributed by atoms with van der Waals surface area (Å²) in [6.07, 6.45) is -4.76. The summed E-state index contributed by atoms with van der Waals surface area (Å²) in [5.74, 6) is -1.81. The number of carbonyl (C=O) groups is 1. The fraction of sp³-hybridized carbons (Fsp3) is 0.231. The Bertz CT molecular complexity index is 761. The van der Waals surface area contributed by atoms with E-state index in [4.69, 9.17) is 0 Å². The second-order valence-electron chi connectivity index (χ2n) is 4.23. The molecule has 0 aliphatic carbocycles. The van der Waals surface area contributed by atoms with Crippen LogP contribution >= 0.6 is 0 Å². The first-order chi connectivity index (χ1) is 10.2. The van der Waals surface area contributed by atoms with Crippen molar-refractivity contribution in [2.45, 2.75) is 13.1 Å². The SMILES string of the molecule is CCOC(=O)c1ccc(-n2[nH]c(C(F)(F)F)cc2=O)c(F)c1. The smallest absolute Gasteiger partial charge is 0.432 e. The molecule has 9 heteroatoms. The van der Waals surface area contributed by atoms with Gasteiger partial charge in [0.05, 0.1) is 12.2 Å². The van der Waals surface area contributed by atoms with Crippen LogP contribution < -0.4 is 5.56 Å². The first kappa shape index (κ1) is 15.8. The molecule has 0 bridgehead atoms. The number of H-pyrrole nitrogens is 1. The Hall–Kier alpha value is -2.58. The monoisotopic (exact) mass is 318 g/mol. The molecule has 22 heavy (non-hydrogen) atoms. The van der Waals surface area contributed by atoms with Crippen molar-refractivity contribution in [3.05, 3.63) is 51.7 Å². The van der Waals surface area contributed by atoms with Crippen molar-refractivity contribution in [1.29, 1.82) is 0 Å². The zero-order valence-electron chi connectivity index (χ0n) is 11.2. The minimum absolute atomic E-state index is 0.0905. The van der Waals surface area contributed by atoms with E-state index in [1.807, 2.05) is 0 Å². The van der Waals surface area contributed by atoms with Crippen molar-refractivity contribution >= 4 is 5.97 Å². The van der Waals surface area contributed by atoms with Gasteiger partial charge in [-0.3, -0.25) is 9.89 Å². The van der Waals surface area contributed by atoms with Crippen molar-refractivity contribution in [3.63, 3.8) is 0 Å². The molecule has 0 fully saturated rings. The van der Waals surface area contributed by atoms with Gasteiger partial charge in [0.15, 0.2) is 0 Å². The molecule has 0 saturated carbocycles. The maximum absolute atomic E-state index is 14.0. The van der Waals surface area contributed by atoms with Crippen LogP contribution in [-0.4, -0.2) is 22.4 Å². The topological polar surface area (TPSA) is 64.1 Å². The number of alkyl halides is 3. The largest absolute Gasteiger partial charge is 0.462 e. The van der Waals surface area contributed by atoms with Crippen molar-refractivity contribution < 1.29 is 27.1 Å². The van der Waals surface area contributed by atoms with E-state index >= 15 is 0 Å². The molecule has 1 aromatic heterocycles. The molecule has 0 aliphatic rings. The molecule has 0 spiro atoms. The van der Waals surface area contributed by atoms with E-state index in [1.54, 1.807) is 12.0 Å².